The molecule has 0 bridgehead atoms. The Hall–Kier alpha value is -1.55. The van der Waals surface area contributed by atoms with Crippen LogP contribution in [0.5, 0.6) is 5.75 Å². The molecule has 0 aliphatic heterocycles. The van der Waals surface area contributed by atoms with Gasteiger partial charge in [0.05, 0.1) is 7.11 Å². The summed E-state index contributed by atoms with van der Waals surface area (Å²) in [5.74, 6) is 6.28. The van der Waals surface area contributed by atoms with Crippen molar-refractivity contribution in [3.05, 3.63) is 29.3 Å². The minimum absolute atomic E-state index is 0.132. The van der Waals surface area contributed by atoms with Gasteiger partial charge in [0.2, 0.25) is 5.91 Å². The number of hydrogen-bond donors (Lipinski definition) is 2. The van der Waals surface area contributed by atoms with E-state index >= 15 is 0 Å². The Bertz CT molecular complexity index is 403. The fourth-order valence-electron chi connectivity index (χ4n) is 1.84. The average Bonchev–Trinajstić information content (AvgIpc) is 2.38. The van der Waals surface area contributed by atoms with Crippen LogP contribution in [0.2, 0.25) is 0 Å². The first kappa shape index (κ1) is 14.5. The van der Waals surface area contributed by atoms with Crippen molar-refractivity contribution < 1.29 is 9.53 Å². The number of carbonyl (C=O) groups is 1. The molecule has 0 radical (unpaired) electrons. The normalized spacial score (nSPS) is 10.5. The zero-order valence-corrected chi connectivity index (χ0v) is 11.3. The summed E-state index contributed by atoms with van der Waals surface area (Å²) >= 11 is 0. The van der Waals surface area contributed by atoms with Gasteiger partial charge in [-0.1, -0.05) is 26.0 Å². The predicted octanol–water partition coefficient (Wildman–Crippen LogP) is 2.13. The van der Waals surface area contributed by atoms with E-state index in [-0.39, 0.29) is 5.91 Å². The van der Waals surface area contributed by atoms with E-state index in [0.29, 0.717) is 12.3 Å². The number of benzene rings is 1. The number of nitrogens with one attached hydrogen (secondary N) is 1. The molecule has 3 N–H and O–H groups in total. The van der Waals surface area contributed by atoms with Crippen LogP contribution in [-0.4, -0.2) is 13.0 Å². The quantitative estimate of drug-likeness (QED) is 0.462. The molecule has 0 unspecified atom stereocenters. The fourth-order valence-corrected chi connectivity index (χ4v) is 1.84. The summed E-state index contributed by atoms with van der Waals surface area (Å²) in [5.41, 5.74) is 4.52. The van der Waals surface area contributed by atoms with Gasteiger partial charge in [-0.15, -0.1) is 0 Å². The number of hydrogen-bond acceptors (Lipinski definition) is 3. The van der Waals surface area contributed by atoms with Crippen molar-refractivity contribution in [3.63, 3.8) is 0 Å². The van der Waals surface area contributed by atoms with Crippen LogP contribution >= 0.6 is 0 Å². The van der Waals surface area contributed by atoms with Gasteiger partial charge >= 0.3 is 0 Å². The predicted molar refractivity (Wildman–Crippen MR) is 72.4 cm³/mol. The summed E-state index contributed by atoms with van der Waals surface area (Å²) in [6.07, 6.45) is 2.01. The van der Waals surface area contributed by atoms with E-state index in [1.165, 1.54) is 5.56 Å². The summed E-state index contributed by atoms with van der Waals surface area (Å²) in [7, 11) is 1.68. The van der Waals surface area contributed by atoms with E-state index < -0.39 is 0 Å². The Balaban J connectivity index is 2.68. The molecule has 1 rings (SSSR count). The van der Waals surface area contributed by atoms with Gasteiger partial charge in [0.25, 0.3) is 0 Å². The van der Waals surface area contributed by atoms with Crippen molar-refractivity contribution in [2.24, 2.45) is 5.84 Å². The molecule has 1 aromatic rings. The number of amides is 1. The minimum atomic E-state index is -0.132. The maximum absolute atomic E-state index is 11.0. The molecule has 0 spiro atoms. The molecule has 0 heterocycles. The number of nitrogens with two attached hydrogens (primary N) is 1. The van der Waals surface area contributed by atoms with E-state index in [1.807, 2.05) is 0 Å². The van der Waals surface area contributed by atoms with Crippen LogP contribution in [0.25, 0.3) is 0 Å². The van der Waals surface area contributed by atoms with Gasteiger partial charge in [0, 0.05) is 6.42 Å². The van der Waals surface area contributed by atoms with Gasteiger partial charge in [-0.05, 0) is 36.0 Å². The highest BCUT2D eigenvalue weighted by Gasteiger charge is 2.07. The highest BCUT2D eigenvalue weighted by Crippen LogP contribution is 2.25. The summed E-state index contributed by atoms with van der Waals surface area (Å²) in [6.45, 7) is 4.31. The maximum Gasteiger partial charge on any atom is 0.233 e. The van der Waals surface area contributed by atoms with Crippen molar-refractivity contribution in [3.8, 4) is 5.75 Å². The van der Waals surface area contributed by atoms with Crippen molar-refractivity contribution in [2.75, 3.05) is 7.11 Å². The minimum Gasteiger partial charge on any atom is -0.496 e. The van der Waals surface area contributed by atoms with Crippen LogP contribution < -0.4 is 16.0 Å². The second kappa shape index (κ2) is 7.01. The van der Waals surface area contributed by atoms with Gasteiger partial charge in [0.15, 0.2) is 0 Å². The van der Waals surface area contributed by atoms with Crippen molar-refractivity contribution in [1.29, 1.82) is 0 Å². The molecule has 0 aliphatic rings. The van der Waals surface area contributed by atoms with Crippen LogP contribution in [-0.2, 0) is 11.2 Å². The number of aryl methyl sites for hydroxylation is 1. The summed E-state index contributed by atoms with van der Waals surface area (Å²) in [5, 5.41) is 0. The molecule has 1 aromatic carbocycles. The van der Waals surface area contributed by atoms with Gasteiger partial charge in [-0.25, -0.2) is 5.84 Å². The number of methoxy groups -OCH3 is 1. The summed E-state index contributed by atoms with van der Waals surface area (Å²) in [6, 6.07) is 6.27. The van der Waals surface area contributed by atoms with E-state index in [4.69, 9.17) is 10.6 Å². The molecular weight excluding hydrogens is 228 g/mol. The SMILES string of the molecule is COc1cc(C(C)C)ccc1CCCC(=O)NN. The smallest absolute Gasteiger partial charge is 0.233 e. The topological polar surface area (TPSA) is 64.3 Å². The van der Waals surface area contributed by atoms with Crippen LogP contribution in [0.3, 0.4) is 0 Å². The van der Waals surface area contributed by atoms with E-state index in [9.17, 15) is 4.79 Å². The Morgan fingerprint density at radius 2 is 2.17 bits per heavy atom. The largest absolute Gasteiger partial charge is 0.496 e. The van der Waals surface area contributed by atoms with E-state index in [1.54, 1.807) is 7.11 Å². The molecule has 18 heavy (non-hydrogen) atoms. The van der Waals surface area contributed by atoms with Crippen molar-refractivity contribution >= 4 is 5.91 Å². The van der Waals surface area contributed by atoms with E-state index in [0.717, 1.165) is 24.2 Å². The highest BCUT2D eigenvalue weighted by atomic mass is 16.5. The van der Waals surface area contributed by atoms with Gasteiger partial charge in [0.1, 0.15) is 5.75 Å². The average molecular weight is 250 g/mol. The van der Waals surface area contributed by atoms with Crippen molar-refractivity contribution in [2.45, 2.75) is 39.0 Å². The number of ether oxygens (including phenoxy) is 1. The molecule has 100 valence electrons. The van der Waals surface area contributed by atoms with Gasteiger partial charge < -0.3 is 4.74 Å². The molecule has 0 saturated heterocycles. The number of rotatable bonds is 6. The van der Waals surface area contributed by atoms with Crippen LogP contribution in [0.1, 0.15) is 43.7 Å². The zero-order valence-electron chi connectivity index (χ0n) is 11.3. The zero-order chi connectivity index (χ0) is 13.5. The molecule has 4 heteroatoms. The molecule has 1 amide bonds. The van der Waals surface area contributed by atoms with Crippen molar-refractivity contribution in [1.82, 2.24) is 5.43 Å². The Morgan fingerprint density at radius 1 is 1.44 bits per heavy atom. The first-order valence-corrected chi connectivity index (χ1v) is 6.24. The van der Waals surface area contributed by atoms with E-state index in [2.05, 4.69) is 37.5 Å². The third kappa shape index (κ3) is 4.04. The third-order valence-electron chi connectivity index (χ3n) is 2.99. The first-order chi connectivity index (χ1) is 8.58. The maximum atomic E-state index is 11.0. The standard InChI is InChI=1S/C14H22N2O2/c1-10(2)12-8-7-11(13(9-12)18-3)5-4-6-14(17)16-15/h7-10H,4-6,15H2,1-3H3,(H,16,17). The molecule has 0 atom stereocenters. The first-order valence-electron chi connectivity index (χ1n) is 6.24. The van der Waals surface area contributed by atoms with Gasteiger partial charge in [-0.3, -0.25) is 10.2 Å². The van der Waals surface area contributed by atoms with Gasteiger partial charge in [-0.2, -0.15) is 0 Å². The fraction of sp³-hybridized carbons (Fsp3) is 0.500. The summed E-state index contributed by atoms with van der Waals surface area (Å²) in [4.78, 5) is 11.0. The molecular formula is C14H22N2O2. The molecule has 0 fully saturated rings. The lowest BCUT2D eigenvalue weighted by atomic mass is 9.99. The monoisotopic (exact) mass is 250 g/mol. The lowest BCUT2D eigenvalue weighted by Crippen LogP contribution is -2.29. The molecule has 0 aromatic heterocycles. The second-order valence-electron chi connectivity index (χ2n) is 4.65. The lowest BCUT2D eigenvalue weighted by molar-refractivity contribution is -0.121. The van der Waals surface area contributed by atoms with Crippen LogP contribution in [0.4, 0.5) is 0 Å². The number of carbonyl (C=O) groups excluding carboxylic acids is 1. The van der Waals surface area contributed by atoms with Crippen LogP contribution in [0, 0.1) is 0 Å². The Kier molecular flexibility index (Phi) is 5.65. The lowest BCUT2D eigenvalue weighted by Gasteiger charge is -2.12. The molecule has 4 nitrogen and oxygen atoms in total. The summed E-state index contributed by atoms with van der Waals surface area (Å²) < 4.78 is 5.39. The third-order valence-corrected chi connectivity index (χ3v) is 2.99. The molecule has 0 saturated carbocycles. The second-order valence-corrected chi connectivity index (χ2v) is 4.65. The van der Waals surface area contributed by atoms with Crippen LogP contribution in [0.15, 0.2) is 18.2 Å². The molecule has 0 aliphatic carbocycles. The highest BCUT2D eigenvalue weighted by molar-refractivity contribution is 5.75. The Labute approximate surface area is 108 Å². The Morgan fingerprint density at radius 3 is 2.72 bits per heavy atom. The number of hydrazine groups is 1.